The molecule has 0 heterocycles. The molecule has 1 aromatic rings. The number of nitrogens with two attached hydrogens (primary N) is 1. The van der Waals surface area contributed by atoms with Crippen molar-refractivity contribution in [1.29, 1.82) is 0 Å². The van der Waals surface area contributed by atoms with E-state index in [9.17, 15) is 4.79 Å². The van der Waals surface area contributed by atoms with Gasteiger partial charge in [-0.25, -0.2) is 0 Å². The Labute approximate surface area is 122 Å². The summed E-state index contributed by atoms with van der Waals surface area (Å²) in [6.45, 7) is 2.31. The van der Waals surface area contributed by atoms with Crippen LogP contribution >= 0.6 is 35.4 Å². The van der Waals surface area contributed by atoms with Crippen molar-refractivity contribution in [3.8, 4) is 0 Å². The summed E-state index contributed by atoms with van der Waals surface area (Å²) in [5.41, 5.74) is 5.90. The summed E-state index contributed by atoms with van der Waals surface area (Å²) in [7, 11) is 1.67. The summed E-state index contributed by atoms with van der Waals surface area (Å²) in [4.78, 5) is 14.1. The number of carbonyl (C=O) groups excluding carboxylic acids is 1. The standard InChI is InChI=1S/C12H14Cl2N2OS/c1-7(11(15)18)6-16(2)12(17)8-4-3-5-9(13)10(8)14/h3-5,7H,6H2,1-2H3,(H2,15,18). The molecule has 0 aromatic heterocycles. The Balaban J connectivity index is 2.87. The van der Waals surface area contributed by atoms with E-state index in [1.54, 1.807) is 25.2 Å². The largest absolute Gasteiger partial charge is 0.393 e. The number of hydrogen-bond donors (Lipinski definition) is 1. The van der Waals surface area contributed by atoms with Gasteiger partial charge in [0, 0.05) is 19.5 Å². The Morgan fingerprint density at radius 1 is 1.50 bits per heavy atom. The molecule has 18 heavy (non-hydrogen) atoms. The zero-order valence-corrected chi connectivity index (χ0v) is 12.4. The predicted molar refractivity (Wildman–Crippen MR) is 79.4 cm³/mol. The van der Waals surface area contributed by atoms with Gasteiger partial charge in [0.25, 0.3) is 5.91 Å². The summed E-state index contributed by atoms with van der Waals surface area (Å²) < 4.78 is 0. The molecule has 0 aliphatic heterocycles. The van der Waals surface area contributed by atoms with Crippen LogP contribution in [0.4, 0.5) is 0 Å². The minimum absolute atomic E-state index is 0.0492. The molecule has 1 unspecified atom stereocenters. The minimum Gasteiger partial charge on any atom is -0.393 e. The predicted octanol–water partition coefficient (Wildman–Crippen LogP) is 2.99. The van der Waals surface area contributed by atoms with E-state index in [4.69, 9.17) is 41.2 Å². The van der Waals surface area contributed by atoms with E-state index in [1.165, 1.54) is 4.90 Å². The van der Waals surface area contributed by atoms with Crippen LogP contribution in [0.5, 0.6) is 0 Å². The SMILES string of the molecule is CC(CN(C)C(=O)c1cccc(Cl)c1Cl)C(N)=S. The molecule has 1 aromatic carbocycles. The maximum absolute atomic E-state index is 12.2. The quantitative estimate of drug-likeness (QED) is 0.870. The van der Waals surface area contributed by atoms with Gasteiger partial charge in [0.15, 0.2) is 0 Å². The molecule has 1 rings (SSSR count). The van der Waals surface area contributed by atoms with Crippen LogP contribution in [-0.2, 0) is 0 Å². The zero-order chi connectivity index (χ0) is 13.9. The van der Waals surface area contributed by atoms with Gasteiger partial charge >= 0.3 is 0 Å². The topological polar surface area (TPSA) is 46.3 Å². The monoisotopic (exact) mass is 304 g/mol. The summed E-state index contributed by atoms with van der Waals surface area (Å²) >= 11 is 16.8. The van der Waals surface area contributed by atoms with Crippen LogP contribution < -0.4 is 5.73 Å². The molecule has 0 saturated heterocycles. The fourth-order valence-electron chi connectivity index (χ4n) is 1.46. The molecule has 0 fully saturated rings. The molecule has 0 radical (unpaired) electrons. The third-order valence-electron chi connectivity index (χ3n) is 2.56. The Bertz CT molecular complexity index is 479. The van der Waals surface area contributed by atoms with Gasteiger partial charge in [-0.15, -0.1) is 0 Å². The Hall–Kier alpha value is -0.840. The number of benzene rings is 1. The first kappa shape index (κ1) is 15.2. The lowest BCUT2D eigenvalue weighted by Crippen LogP contribution is -2.35. The van der Waals surface area contributed by atoms with E-state index >= 15 is 0 Å². The molecule has 1 atom stereocenters. The maximum Gasteiger partial charge on any atom is 0.255 e. The van der Waals surface area contributed by atoms with Crippen molar-refractivity contribution in [2.24, 2.45) is 11.7 Å². The third-order valence-corrected chi connectivity index (χ3v) is 3.78. The molecule has 0 aliphatic carbocycles. The van der Waals surface area contributed by atoms with Crippen LogP contribution in [0, 0.1) is 5.92 Å². The van der Waals surface area contributed by atoms with Gasteiger partial charge in [0.2, 0.25) is 0 Å². The molecule has 98 valence electrons. The smallest absolute Gasteiger partial charge is 0.255 e. The normalized spacial score (nSPS) is 12.0. The van der Waals surface area contributed by atoms with Crippen molar-refractivity contribution >= 4 is 46.3 Å². The highest BCUT2D eigenvalue weighted by atomic mass is 35.5. The summed E-state index contributed by atoms with van der Waals surface area (Å²) in [5, 5.41) is 0.623. The molecule has 3 nitrogen and oxygen atoms in total. The van der Waals surface area contributed by atoms with Crippen molar-refractivity contribution in [1.82, 2.24) is 4.90 Å². The van der Waals surface area contributed by atoms with E-state index in [2.05, 4.69) is 0 Å². The number of carbonyl (C=O) groups is 1. The number of thiocarbonyl (C=S) groups is 1. The van der Waals surface area contributed by atoms with Crippen molar-refractivity contribution in [2.45, 2.75) is 6.92 Å². The first-order valence-electron chi connectivity index (χ1n) is 5.33. The van der Waals surface area contributed by atoms with Crippen LogP contribution in [0.15, 0.2) is 18.2 Å². The number of amides is 1. The molecule has 0 aliphatic rings. The summed E-state index contributed by atoms with van der Waals surface area (Å²) in [6.07, 6.45) is 0. The first-order valence-corrected chi connectivity index (χ1v) is 6.49. The maximum atomic E-state index is 12.2. The zero-order valence-electron chi connectivity index (χ0n) is 10.1. The molecule has 0 spiro atoms. The summed E-state index contributed by atoms with van der Waals surface area (Å²) in [5.74, 6) is -0.252. The van der Waals surface area contributed by atoms with Gasteiger partial charge in [-0.2, -0.15) is 0 Å². The Morgan fingerprint density at radius 2 is 2.11 bits per heavy atom. The molecule has 0 bridgehead atoms. The van der Waals surface area contributed by atoms with E-state index in [-0.39, 0.29) is 16.8 Å². The highest BCUT2D eigenvalue weighted by Gasteiger charge is 2.19. The first-order chi connectivity index (χ1) is 8.34. The fraction of sp³-hybridized carbons (Fsp3) is 0.333. The van der Waals surface area contributed by atoms with Crippen molar-refractivity contribution in [3.05, 3.63) is 33.8 Å². The van der Waals surface area contributed by atoms with Gasteiger partial charge in [-0.1, -0.05) is 48.4 Å². The average molecular weight is 305 g/mol. The van der Waals surface area contributed by atoms with Crippen LogP contribution in [0.2, 0.25) is 10.0 Å². The van der Waals surface area contributed by atoms with Gasteiger partial charge in [-0.3, -0.25) is 4.79 Å². The average Bonchev–Trinajstić information content (AvgIpc) is 2.31. The number of halogens is 2. The van der Waals surface area contributed by atoms with Crippen molar-refractivity contribution in [2.75, 3.05) is 13.6 Å². The van der Waals surface area contributed by atoms with Crippen LogP contribution in [-0.4, -0.2) is 29.4 Å². The van der Waals surface area contributed by atoms with Crippen molar-refractivity contribution < 1.29 is 4.79 Å². The molecular weight excluding hydrogens is 291 g/mol. The molecule has 0 saturated carbocycles. The van der Waals surface area contributed by atoms with Gasteiger partial charge in [0.05, 0.1) is 20.6 Å². The third kappa shape index (κ3) is 3.57. The molecule has 6 heteroatoms. The molecule has 2 N–H and O–H groups in total. The van der Waals surface area contributed by atoms with Gasteiger partial charge in [-0.05, 0) is 12.1 Å². The van der Waals surface area contributed by atoms with Gasteiger partial charge < -0.3 is 10.6 Å². The second kappa shape index (κ2) is 6.36. The van der Waals surface area contributed by atoms with E-state index in [1.807, 2.05) is 6.92 Å². The summed E-state index contributed by atoms with van der Waals surface area (Å²) in [6, 6.07) is 4.96. The van der Waals surface area contributed by atoms with E-state index < -0.39 is 0 Å². The number of nitrogens with zero attached hydrogens (tertiary/aromatic N) is 1. The Kier molecular flexibility index (Phi) is 5.38. The molecular formula is C12H14Cl2N2OS. The lowest BCUT2D eigenvalue weighted by molar-refractivity contribution is 0.0787. The number of rotatable bonds is 4. The molecule has 1 amide bonds. The van der Waals surface area contributed by atoms with Gasteiger partial charge in [0.1, 0.15) is 0 Å². The van der Waals surface area contributed by atoms with Crippen LogP contribution in [0.25, 0.3) is 0 Å². The van der Waals surface area contributed by atoms with E-state index in [0.29, 0.717) is 22.1 Å². The van der Waals surface area contributed by atoms with Crippen LogP contribution in [0.3, 0.4) is 0 Å². The lowest BCUT2D eigenvalue weighted by atomic mass is 10.1. The van der Waals surface area contributed by atoms with Crippen LogP contribution in [0.1, 0.15) is 17.3 Å². The minimum atomic E-state index is -0.203. The Morgan fingerprint density at radius 3 is 2.67 bits per heavy atom. The highest BCUT2D eigenvalue weighted by molar-refractivity contribution is 7.80. The highest BCUT2D eigenvalue weighted by Crippen LogP contribution is 2.26. The van der Waals surface area contributed by atoms with Crippen molar-refractivity contribution in [3.63, 3.8) is 0 Å². The second-order valence-corrected chi connectivity index (χ2v) is 5.35. The fourth-order valence-corrected chi connectivity index (χ4v) is 1.91. The lowest BCUT2D eigenvalue weighted by Gasteiger charge is -2.21. The van der Waals surface area contributed by atoms with E-state index in [0.717, 1.165) is 0 Å². The number of hydrogen-bond acceptors (Lipinski definition) is 2. The second-order valence-electron chi connectivity index (χ2n) is 4.09.